The van der Waals surface area contributed by atoms with Crippen LogP contribution in [0.1, 0.15) is 31.0 Å². The summed E-state index contributed by atoms with van der Waals surface area (Å²) in [6, 6.07) is 7.45. The molecule has 0 bridgehead atoms. The summed E-state index contributed by atoms with van der Waals surface area (Å²) in [5.74, 6) is 1.08. The fourth-order valence-electron chi connectivity index (χ4n) is 3.96. The summed E-state index contributed by atoms with van der Waals surface area (Å²) in [6.45, 7) is 3.85. The fraction of sp³-hybridized carbons (Fsp3) is 0.476. The number of amides is 2. The second-order valence-corrected chi connectivity index (χ2v) is 10.5. The van der Waals surface area contributed by atoms with Crippen molar-refractivity contribution < 1.29 is 17.9 Å². The van der Waals surface area contributed by atoms with Crippen LogP contribution < -0.4 is 15.5 Å². The van der Waals surface area contributed by atoms with Gasteiger partial charge in [-0.1, -0.05) is 0 Å². The molecule has 2 N–H and O–H groups in total. The van der Waals surface area contributed by atoms with Crippen LogP contribution in [0.2, 0.25) is 0 Å². The van der Waals surface area contributed by atoms with E-state index in [9.17, 15) is 13.2 Å². The molecule has 1 atom stereocenters. The van der Waals surface area contributed by atoms with Crippen LogP contribution in [0.25, 0.3) is 11.4 Å². The molecule has 5 rings (SSSR count). The lowest BCUT2D eigenvalue weighted by Crippen LogP contribution is -2.44. The minimum Gasteiger partial charge on any atom is -0.377 e. The van der Waals surface area contributed by atoms with Gasteiger partial charge >= 0.3 is 6.03 Å². The van der Waals surface area contributed by atoms with Crippen LogP contribution in [0, 0.1) is 0 Å². The Hall–Kier alpha value is -2.72. The van der Waals surface area contributed by atoms with E-state index < -0.39 is 9.84 Å². The molecule has 2 fully saturated rings. The van der Waals surface area contributed by atoms with Gasteiger partial charge in [-0.15, -0.1) is 0 Å². The molecule has 2 aliphatic heterocycles. The Labute approximate surface area is 181 Å². The zero-order valence-electron chi connectivity index (χ0n) is 17.3. The molecule has 0 spiro atoms. The summed E-state index contributed by atoms with van der Waals surface area (Å²) in [7, 11) is -3.22. The molecular formula is C21H25N5O4S. The van der Waals surface area contributed by atoms with Crippen molar-refractivity contribution in [3.05, 3.63) is 35.5 Å². The Morgan fingerprint density at radius 3 is 2.65 bits per heavy atom. The van der Waals surface area contributed by atoms with E-state index in [1.165, 1.54) is 0 Å². The fourth-order valence-corrected chi connectivity index (χ4v) is 5.45. The van der Waals surface area contributed by atoms with E-state index in [4.69, 9.17) is 9.72 Å². The molecule has 1 aromatic heterocycles. The van der Waals surface area contributed by atoms with Crippen LogP contribution in [0.15, 0.2) is 24.3 Å². The molecule has 3 heterocycles. The third-order valence-electron chi connectivity index (χ3n) is 5.75. The number of carbonyl (C=O) groups excluding carboxylic acids is 1. The van der Waals surface area contributed by atoms with Crippen molar-refractivity contribution in [2.24, 2.45) is 0 Å². The highest BCUT2D eigenvalue weighted by atomic mass is 32.2. The number of urea groups is 1. The van der Waals surface area contributed by atoms with Gasteiger partial charge in [-0.05, 0) is 44.0 Å². The van der Waals surface area contributed by atoms with E-state index in [1.54, 1.807) is 12.1 Å². The zero-order valence-corrected chi connectivity index (χ0v) is 18.1. The van der Waals surface area contributed by atoms with Gasteiger partial charge in [0.1, 0.15) is 5.82 Å². The zero-order chi connectivity index (χ0) is 21.6. The van der Waals surface area contributed by atoms with Crippen molar-refractivity contribution in [2.45, 2.75) is 43.4 Å². The standard InChI is InChI=1S/C21H25N5O4S/c1-13-10-30-9-8-26(13)20-17-11-31(28,29)12-18(17)24-19(25-20)14-2-4-15(5-3-14)22-21(27)23-16-6-7-16/h2-5,13,16H,6-12H2,1H3,(H2,22,23,27)/t13-/m0/s1. The number of nitrogens with zero attached hydrogens (tertiary/aromatic N) is 3. The van der Waals surface area contributed by atoms with Crippen LogP contribution in [-0.4, -0.2) is 56.3 Å². The van der Waals surface area contributed by atoms with Crippen molar-refractivity contribution in [3.8, 4) is 11.4 Å². The molecule has 31 heavy (non-hydrogen) atoms. The van der Waals surface area contributed by atoms with Crippen molar-refractivity contribution in [2.75, 3.05) is 30.0 Å². The number of benzene rings is 1. The number of hydrogen-bond donors (Lipinski definition) is 2. The number of aromatic nitrogens is 2. The Morgan fingerprint density at radius 2 is 1.94 bits per heavy atom. The minimum atomic E-state index is -3.22. The third kappa shape index (κ3) is 4.35. The number of nitrogens with one attached hydrogen (secondary N) is 2. The smallest absolute Gasteiger partial charge is 0.319 e. The molecule has 1 aliphatic carbocycles. The second kappa shape index (κ2) is 7.76. The van der Waals surface area contributed by atoms with Gasteiger partial charge in [-0.25, -0.2) is 23.2 Å². The van der Waals surface area contributed by atoms with Gasteiger partial charge in [0.05, 0.1) is 36.5 Å². The summed E-state index contributed by atoms with van der Waals surface area (Å²) in [5.41, 5.74) is 2.72. The topological polar surface area (TPSA) is 114 Å². The van der Waals surface area contributed by atoms with Gasteiger partial charge in [-0.2, -0.15) is 0 Å². The molecular weight excluding hydrogens is 418 g/mol. The summed E-state index contributed by atoms with van der Waals surface area (Å²) in [6.07, 6.45) is 2.06. The second-order valence-electron chi connectivity index (χ2n) is 8.40. The SMILES string of the molecule is C[C@H]1COCCN1c1nc(-c2ccc(NC(=O)NC3CC3)cc2)nc2c1CS(=O)(=O)C2. The average molecular weight is 444 g/mol. The third-order valence-corrected chi connectivity index (χ3v) is 7.19. The van der Waals surface area contributed by atoms with Gasteiger partial charge in [0.15, 0.2) is 15.7 Å². The first-order valence-corrected chi connectivity index (χ1v) is 12.3. The summed E-state index contributed by atoms with van der Waals surface area (Å²) in [5, 5.41) is 5.71. The van der Waals surface area contributed by atoms with Crippen LogP contribution >= 0.6 is 0 Å². The molecule has 0 radical (unpaired) electrons. The molecule has 3 aliphatic rings. The van der Waals surface area contributed by atoms with Crippen LogP contribution in [0.4, 0.5) is 16.3 Å². The Kier molecular flexibility index (Phi) is 5.05. The average Bonchev–Trinajstić information content (AvgIpc) is 3.47. The van der Waals surface area contributed by atoms with E-state index in [1.807, 2.05) is 19.1 Å². The molecule has 1 aromatic carbocycles. The quantitative estimate of drug-likeness (QED) is 0.744. The number of carbonyl (C=O) groups is 1. The largest absolute Gasteiger partial charge is 0.377 e. The van der Waals surface area contributed by atoms with Gasteiger partial charge in [-0.3, -0.25) is 0 Å². The van der Waals surface area contributed by atoms with Crippen LogP contribution in [-0.2, 0) is 26.1 Å². The molecule has 10 heteroatoms. The van der Waals surface area contributed by atoms with E-state index in [0.29, 0.717) is 48.3 Å². The van der Waals surface area contributed by atoms with Gasteiger partial charge in [0.2, 0.25) is 0 Å². The van der Waals surface area contributed by atoms with Crippen molar-refractivity contribution >= 4 is 27.4 Å². The molecule has 164 valence electrons. The summed E-state index contributed by atoms with van der Waals surface area (Å²) >= 11 is 0. The lowest BCUT2D eigenvalue weighted by molar-refractivity contribution is 0.0984. The molecule has 2 aromatic rings. The lowest BCUT2D eigenvalue weighted by Gasteiger charge is -2.35. The maximum atomic E-state index is 12.3. The number of rotatable bonds is 4. The minimum absolute atomic E-state index is 0.0268. The number of hydrogen-bond acceptors (Lipinski definition) is 7. The van der Waals surface area contributed by atoms with Gasteiger partial charge in [0.25, 0.3) is 0 Å². The monoisotopic (exact) mass is 443 g/mol. The maximum absolute atomic E-state index is 12.3. The molecule has 9 nitrogen and oxygen atoms in total. The van der Waals surface area contributed by atoms with Crippen LogP contribution in [0.3, 0.4) is 0 Å². The lowest BCUT2D eigenvalue weighted by atomic mass is 10.1. The number of morpholine rings is 1. The van der Waals surface area contributed by atoms with Crippen molar-refractivity contribution in [1.29, 1.82) is 0 Å². The normalized spacial score (nSPS) is 22.1. The molecule has 2 amide bonds. The predicted molar refractivity (Wildman–Crippen MR) is 117 cm³/mol. The number of sulfone groups is 1. The van der Waals surface area contributed by atoms with Crippen molar-refractivity contribution in [3.63, 3.8) is 0 Å². The molecule has 1 saturated heterocycles. The number of anilines is 2. The number of ether oxygens (including phenoxy) is 1. The first-order chi connectivity index (χ1) is 14.9. The molecule has 1 saturated carbocycles. The maximum Gasteiger partial charge on any atom is 0.319 e. The highest BCUT2D eigenvalue weighted by Crippen LogP contribution is 2.34. The Bertz CT molecular complexity index is 1120. The Morgan fingerprint density at radius 1 is 1.16 bits per heavy atom. The van der Waals surface area contributed by atoms with Crippen LogP contribution in [0.5, 0.6) is 0 Å². The summed E-state index contributed by atoms with van der Waals surface area (Å²) < 4.78 is 30.2. The first-order valence-electron chi connectivity index (χ1n) is 10.5. The Balaban J connectivity index is 1.45. The van der Waals surface area contributed by atoms with E-state index in [0.717, 1.165) is 18.4 Å². The van der Waals surface area contributed by atoms with E-state index in [2.05, 4.69) is 20.5 Å². The highest BCUT2D eigenvalue weighted by Gasteiger charge is 2.34. The molecule has 0 unspecified atom stereocenters. The number of fused-ring (bicyclic) bond motifs is 1. The van der Waals surface area contributed by atoms with Gasteiger partial charge in [0, 0.05) is 29.4 Å². The first kappa shape index (κ1) is 20.2. The van der Waals surface area contributed by atoms with Crippen molar-refractivity contribution in [1.82, 2.24) is 15.3 Å². The van der Waals surface area contributed by atoms with Gasteiger partial charge < -0.3 is 20.3 Å². The predicted octanol–water partition coefficient (Wildman–Crippen LogP) is 2.08. The van der Waals surface area contributed by atoms with E-state index in [-0.39, 0.29) is 29.6 Å². The highest BCUT2D eigenvalue weighted by molar-refractivity contribution is 7.90. The summed E-state index contributed by atoms with van der Waals surface area (Å²) in [4.78, 5) is 23.4. The van der Waals surface area contributed by atoms with E-state index >= 15 is 0 Å².